The number of furan rings is 1. The van der Waals surface area contributed by atoms with Crippen LogP contribution in [0.2, 0.25) is 0 Å². The lowest BCUT2D eigenvalue weighted by Crippen LogP contribution is -2.02. The van der Waals surface area contributed by atoms with E-state index < -0.39 is 5.97 Å². The molecule has 0 amide bonds. The van der Waals surface area contributed by atoms with Crippen molar-refractivity contribution >= 4 is 16.9 Å². The molecule has 0 saturated heterocycles. The predicted octanol–water partition coefficient (Wildman–Crippen LogP) is 3.90. The summed E-state index contributed by atoms with van der Waals surface area (Å²) in [4.78, 5) is 11.4. The van der Waals surface area contributed by atoms with E-state index in [-0.39, 0.29) is 5.76 Å². The van der Waals surface area contributed by atoms with Gasteiger partial charge in [0.05, 0.1) is 7.11 Å². The van der Waals surface area contributed by atoms with Crippen LogP contribution in [0.1, 0.15) is 42.5 Å². The number of aryl methyl sites for hydroxylation is 1. The summed E-state index contributed by atoms with van der Waals surface area (Å²) in [5.74, 6) is -0.0563. The van der Waals surface area contributed by atoms with Crippen molar-refractivity contribution in [3.63, 3.8) is 0 Å². The number of rotatable bonds is 5. The van der Waals surface area contributed by atoms with E-state index in [4.69, 9.17) is 9.15 Å². The molecule has 0 bridgehead atoms. The molecule has 1 aromatic heterocycles. The van der Waals surface area contributed by atoms with Crippen molar-refractivity contribution in [2.45, 2.75) is 33.6 Å². The van der Waals surface area contributed by atoms with Crippen LogP contribution in [0.5, 0.6) is 5.75 Å². The maximum atomic E-state index is 11.4. The molecule has 2 rings (SSSR count). The first-order chi connectivity index (χ1) is 9.47. The molecule has 0 radical (unpaired) electrons. The van der Waals surface area contributed by atoms with Crippen LogP contribution in [0.15, 0.2) is 16.5 Å². The lowest BCUT2D eigenvalue weighted by Gasteiger charge is -2.06. The Morgan fingerprint density at radius 2 is 2.10 bits per heavy atom. The van der Waals surface area contributed by atoms with Crippen molar-refractivity contribution in [2.24, 2.45) is 5.92 Å². The molecule has 0 aliphatic carbocycles. The Kier molecular flexibility index (Phi) is 4.02. The van der Waals surface area contributed by atoms with Gasteiger partial charge in [0, 0.05) is 10.9 Å². The Morgan fingerprint density at radius 3 is 2.60 bits per heavy atom. The molecule has 1 aromatic carbocycles. The molecule has 0 atom stereocenters. The lowest BCUT2D eigenvalue weighted by atomic mass is 9.98. The zero-order valence-corrected chi connectivity index (χ0v) is 12.3. The molecule has 0 aliphatic rings. The van der Waals surface area contributed by atoms with Crippen LogP contribution >= 0.6 is 0 Å². The van der Waals surface area contributed by atoms with E-state index in [2.05, 4.69) is 20.8 Å². The fourth-order valence-corrected chi connectivity index (χ4v) is 2.41. The second-order valence-corrected chi connectivity index (χ2v) is 5.34. The Balaban J connectivity index is 2.77. The monoisotopic (exact) mass is 276 g/mol. The van der Waals surface area contributed by atoms with Gasteiger partial charge in [0.25, 0.3) is 0 Å². The minimum atomic E-state index is -1.03. The topological polar surface area (TPSA) is 59.7 Å². The highest BCUT2D eigenvalue weighted by molar-refractivity contribution is 5.97. The molecule has 2 aromatic rings. The number of aromatic carboxylic acids is 1. The fraction of sp³-hybridized carbons (Fsp3) is 0.438. The quantitative estimate of drug-likeness (QED) is 0.899. The number of carbonyl (C=O) groups is 1. The number of hydrogen-bond acceptors (Lipinski definition) is 3. The van der Waals surface area contributed by atoms with E-state index in [0.717, 1.165) is 22.9 Å². The first-order valence-electron chi connectivity index (χ1n) is 6.83. The standard InChI is InChI=1S/C16H20O4/c1-5-10-7-12-11(6-9(2)3)15(16(17)18)20-14(12)13(8-10)19-4/h7-9H,5-6H2,1-4H3,(H,17,18). The largest absolute Gasteiger partial charge is 0.493 e. The number of carboxylic acid groups (broad SMARTS) is 1. The Morgan fingerprint density at radius 1 is 1.40 bits per heavy atom. The van der Waals surface area contributed by atoms with E-state index >= 15 is 0 Å². The van der Waals surface area contributed by atoms with Gasteiger partial charge in [-0.25, -0.2) is 4.79 Å². The SMILES string of the molecule is CCc1cc(OC)c2oc(C(=O)O)c(CC(C)C)c2c1. The van der Waals surface area contributed by atoms with Gasteiger partial charge in [-0.05, 0) is 36.5 Å². The van der Waals surface area contributed by atoms with Crippen molar-refractivity contribution in [3.8, 4) is 5.75 Å². The second-order valence-electron chi connectivity index (χ2n) is 5.34. The molecule has 108 valence electrons. The molecule has 1 N–H and O–H groups in total. The predicted molar refractivity (Wildman–Crippen MR) is 77.6 cm³/mol. The second kappa shape index (κ2) is 5.57. The van der Waals surface area contributed by atoms with Gasteiger partial charge in [-0.15, -0.1) is 0 Å². The Hall–Kier alpha value is -1.97. The number of benzene rings is 1. The van der Waals surface area contributed by atoms with E-state index in [0.29, 0.717) is 23.7 Å². The number of carboxylic acids is 1. The molecule has 0 fully saturated rings. The van der Waals surface area contributed by atoms with E-state index in [9.17, 15) is 9.90 Å². The summed E-state index contributed by atoms with van der Waals surface area (Å²) in [6.07, 6.45) is 1.53. The van der Waals surface area contributed by atoms with E-state index in [1.807, 2.05) is 12.1 Å². The highest BCUT2D eigenvalue weighted by atomic mass is 16.5. The van der Waals surface area contributed by atoms with Crippen LogP contribution in [0.25, 0.3) is 11.0 Å². The van der Waals surface area contributed by atoms with Crippen LogP contribution in [-0.4, -0.2) is 18.2 Å². The third-order valence-electron chi connectivity index (χ3n) is 3.35. The summed E-state index contributed by atoms with van der Waals surface area (Å²) in [6.45, 7) is 6.18. The summed E-state index contributed by atoms with van der Waals surface area (Å²) < 4.78 is 10.9. The Bertz CT molecular complexity index is 637. The fourth-order valence-electron chi connectivity index (χ4n) is 2.41. The summed E-state index contributed by atoms with van der Waals surface area (Å²) >= 11 is 0. The summed E-state index contributed by atoms with van der Waals surface area (Å²) in [7, 11) is 1.57. The van der Waals surface area contributed by atoms with Crippen LogP contribution in [-0.2, 0) is 12.8 Å². The number of methoxy groups -OCH3 is 1. The average Bonchev–Trinajstić information content (AvgIpc) is 2.76. The third-order valence-corrected chi connectivity index (χ3v) is 3.35. The average molecular weight is 276 g/mol. The van der Waals surface area contributed by atoms with Gasteiger partial charge in [-0.1, -0.05) is 20.8 Å². The van der Waals surface area contributed by atoms with Gasteiger partial charge in [0.15, 0.2) is 11.3 Å². The lowest BCUT2D eigenvalue weighted by molar-refractivity contribution is 0.0663. The highest BCUT2D eigenvalue weighted by Crippen LogP contribution is 2.35. The van der Waals surface area contributed by atoms with Crippen LogP contribution in [0, 0.1) is 5.92 Å². The van der Waals surface area contributed by atoms with Gasteiger partial charge in [-0.2, -0.15) is 0 Å². The van der Waals surface area contributed by atoms with Crippen molar-refractivity contribution in [2.75, 3.05) is 7.11 Å². The minimum Gasteiger partial charge on any atom is -0.493 e. The first-order valence-corrected chi connectivity index (χ1v) is 6.83. The molecule has 4 nitrogen and oxygen atoms in total. The maximum absolute atomic E-state index is 11.4. The zero-order chi connectivity index (χ0) is 14.9. The summed E-state index contributed by atoms with van der Waals surface area (Å²) in [5.41, 5.74) is 2.39. The number of hydrogen-bond donors (Lipinski definition) is 1. The molecule has 1 heterocycles. The third kappa shape index (κ3) is 2.50. The van der Waals surface area contributed by atoms with Crippen LogP contribution in [0.4, 0.5) is 0 Å². The number of fused-ring (bicyclic) bond motifs is 1. The molecule has 20 heavy (non-hydrogen) atoms. The van der Waals surface area contributed by atoms with Crippen LogP contribution < -0.4 is 4.74 Å². The first kappa shape index (κ1) is 14.4. The summed E-state index contributed by atoms with van der Waals surface area (Å²) in [5, 5.41) is 10.2. The van der Waals surface area contributed by atoms with E-state index in [1.54, 1.807) is 7.11 Å². The van der Waals surface area contributed by atoms with Crippen molar-refractivity contribution in [1.29, 1.82) is 0 Å². The van der Waals surface area contributed by atoms with Gasteiger partial charge in [-0.3, -0.25) is 0 Å². The highest BCUT2D eigenvalue weighted by Gasteiger charge is 2.23. The zero-order valence-electron chi connectivity index (χ0n) is 12.3. The molecule has 0 spiro atoms. The van der Waals surface area contributed by atoms with E-state index in [1.165, 1.54) is 0 Å². The van der Waals surface area contributed by atoms with Gasteiger partial charge in [0.2, 0.25) is 5.76 Å². The number of ether oxygens (including phenoxy) is 1. The minimum absolute atomic E-state index is 0.0280. The molecule has 4 heteroatoms. The normalized spacial score (nSPS) is 11.2. The van der Waals surface area contributed by atoms with Crippen LogP contribution in [0.3, 0.4) is 0 Å². The Labute approximate surface area is 118 Å². The van der Waals surface area contributed by atoms with Crippen molar-refractivity contribution in [3.05, 3.63) is 29.0 Å². The molecular weight excluding hydrogens is 256 g/mol. The smallest absolute Gasteiger partial charge is 0.372 e. The molecule has 0 saturated carbocycles. The van der Waals surface area contributed by atoms with Gasteiger partial charge < -0.3 is 14.3 Å². The van der Waals surface area contributed by atoms with Gasteiger partial charge in [0.1, 0.15) is 0 Å². The maximum Gasteiger partial charge on any atom is 0.372 e. The molecule has 0 unspecified atom stereocenters. The molecular formula is C16H20O4. The van der Waals surface area contributed by atoms with Crippen molar-refractivity contribution in [1.82, 2.24) is 0 Å². The summed E-state index contributed by atoms with van der Waals surface area (Å²) in [6, 6.07) is 3.90. The van der Waals surface area contributed by atoms with Gasteiger partial charge >= 0.3 is 5.97 Å². The van der Waals surface area contributed by atoms with Crippen molar-refractivity contribution < 1.29 is 19.1 Å². The molecule has 0 aliphatic heterocycles.